The minimum Gasteiger partial charge on any atom is -0.437 e. The molecule has 0 saturated heterocycles. The minimum absolute atomic E-state index is 0.579. The van der Waals surface area contributed by atoms with Crippen LogP contribution >= 0.6 is 11.6 Å². The average Bonchev–Trinajstić information content (AvgIpc) is 2.68. The molecule has 0 aliphatic heterocycles. The van der Waals surface area contributed by atoms with E-state index in [-0.39, 0.29) is 0 Å². The molecule has 1 aromatic carbocycles. The number of hydrogen-bond donors (Lipinski definition) is 1. The van der Waals surface area contributed by atoms with Gasteiger partial charge < -0.3 is 10.5 Å². The van der Waals surface area contributed by atoms with E-state index in [0.29, 0.717) is 18.1 Å². The van der Waals surface area contributed by atoms with Crippen molar-refractivity contribution < 1.29 is 4.74 Å². The molecule has 0 saturated carbocycles. The molecule has 19 heavy (non-hydrogen) atoms. The summed E-state index contributed by atoms with van der Waals surface area (Å²) in [6, 6.07) is 5.61. The Morgan fingerprint density at radius 3 is 2.74 bits per heavy atom. The molecule has 0 aliphatic carbocycles. The highest BCUT2D eigenvalue weighted by molar-refractivity contribution is 6.31. The third-order valence-corrected chi connectivity index (χ3v) is 3.41. The molecular formula is C14H18ClN3O. The smallest absolute Gasteiger partial charge is 0.241 e. The predicted octanol–water partition coefficient (Wildman–Crippen LogP) is 3.80. The number of nitrogens with two attached hydrogens (primary N) is 1. The Hall–Kier alpha value is -1.68. The van der Waals surface area contributed by atoms with Crippen LogP contribution in [0.25, 0.3) is 0 Å². The molecule has 0 spiro atoms. The third kappa shape index (κ3) is 2.68. The van der Waals surface area contributed by atoms with E-state index in [9.17, 15) is 0 Å². The standard InChI is InChI=1S/C14H18ClN3O/c1-4-10-8-11(6-7-12(10)15)19-14-13(16)9(3)17-18(14)5-2/h6-8H,4-5,16H2,1-3H3. The Kier molecular flexibility index (Phi) is 4.00. The highest BCUT2D eigenvalue weighted by Crippen LogP contribution is 2.31. The molecule has 0 unspecified atom stereocenters. The molecule has 2 N–H and O–H groups in total. The number of nitrogen functional groups attached to an aromatic ring is 1. The number of aryl methyl sites for hydroxylation is 3. The van der Waals surface area contributed by atoms with Crippen molar-refractivity contribution in [1.29, 1.82) is 0 Å². The Morgan fingerprint density at radius 1 is 1.37 bits per heavy atom. The second-order valence-corrected chi connectivity index (χ2v) is 4.74. The summed E-state index contributed by atoms with van der Waals surface area (Å²) in [5, 5.41) is 5.08. The van der Waals surface area contributed by atoms with Crippen LogP contribution in [0.1, 0.15) is 25.1 Å². The van der Waals surface area contributed by atoms with Crippen LogP contribution in [0.2, 0.25) is 5.02 Å². The molecule has 102 valence electrons. The minimum atomic E-state index is 0.579. The van der Waals surface area contributed by atoms with Crippen molar-refractivity contribution in [3.05, 3.63) is 34.5 Å². The van der Waals surface area contributed by atoms with E-state index in [1.165, 1.54) is 0 Å². The van der Waals surface area contributed by atoms with Crippen molar-refractivity contribution in [2.24, 2.45) is 0 Å². The van der Waals surface area contributed by atoms with Gasteiger partial charge in [0.25, 0.3) is 0 Å². The van der Waals surface area contributed by atoms with E-state index in [0.717, 1.165) is 28.5 Å². The summed E-state index contributed by atoms with van der Waals surface area (Å²) in [7, 11) is 0. The van der Waals surface area contributed by atoms with E-state index in [4.69, 9.17) is 22.1 Å². The molecule has 1 heterocycles. The summed E-state index contributed by atoms with van der Waals surface area (Å²) in [5.41, 5.74) is 8.40. The molecule has 0 aliphatic rings. The highest BCUT2D eigenvalue weighted by atomic mass is 35.5. The molecular weight excluding hydrogens is 262 g/mol. The summed E-state index contributed by atoms with van der Waals surface area (Å²) < 4.78 is 7.62. The van der Waals surface area contributed by atoms with Gasteiger partial charge in [0.05, 0.1) is 5.69 Å². The monoisotopic (exact) mass is 279 g/mol. The van der Waals surface area contributed by atoms with Crippen molar-refractivity contribution >= 4 is 17.3 Å². The summed E-state index contributed by atoms with van der Waals surface area (Å²) in [6.45, 7) is 6.63. The highest BCUT2D eigenvalue weighted by Gasteiger charge is 2.14. The third-order valence-electron chi connectivity index (χ3n) is 3.04. The molecule has 2 aromatic rings. The maximum absolute atomic E-state index is 6.10. The van der Waals surface area contributed by atoms with Crippen molar-refractivity contribution in [2.75, 3.05) is 5.73 Å². The van der Waals surface area contributed by atoms with E-state index >= 15 is 0 Å². The first-order chi connectivity index (χ1) is 9.06. The number of halogens is 1. The molecule has 5 heteroatoms. The maximum atomic E-state index is 6.10. The van der Waals surface area contributed by atoms with E-state index < -0.39 is 0 Å². The second kappa shape index (κ2) is 5.53. The average molecular weight is 280 g/mol. The fourth-order valence-corrected chi connectivity index (χ4v) is 2.14. The molecule has 4 nitrogen and oxygen atoms in total. The topological polar surface area (TPSA) is 53.1 Å². The summed E-state index contributed by atoms with van der Waals surface area (Å²) in [4.78, 5) is 0. The van der Waals surface area contributed by atoms with Gasteiger partial charge in [0.15, 0.2) is 0 Å². The summed E-state index contributed by atoms with van der Waals surface area (Å²) in [5.74, 6) is 1.31. The second-order valence-electron chi connectivity index (χ2n) is 4.33. The summed E-state index contributed by atoms with van der Waals surface area (Å²) >= 11 is 6.10. The molecule has 0 atom stereocenters. The quantitative estimate of drug-likeness (QED) is 0.926. The van der Waals surface area contributed by atoms with Gasteiger partial charge in [-0.1, -0.05) is 18.5 Å². The van der Waals surface area contributed by atoms with Gasteiger partial charge >= 0.3 is 0 Å². The zero-order valence-corrected chi connectivity index (χ0v) is 12.2. The Morgan fingerprint density at radius 2 is 2.11 bits per heavy atom. The van der Waals surface area contributed by atoms with Gasteiger partial charge in [-0.2, -0.15) is 5.10 Å². The van der Waals surface area contributed by atoms with Gasteiger partial charge in [-0.3, -0.25) is 0 Å². The lowest BCUT2D eigenvalue weighted by Gasteiger charge is -2.10. The number of benzene rings is 1. The van der Waals surface area contributed by atoms with Crippen LogP contribution in [-0.4, -0.2) is 9.78 Å². The number of nitrogens with zero attached hydrogens (tertiary/aromatic N) is 2. The normalized spacial score (nSPS) is 10.7. The van der Waals surface area contributed by atoms with Crippen LogP contribution in [0.4, 0.5) is 5.69 Å². The largest absolute Gasteiger partial charge is 0.437 e. The fourth-order valence-electron chi connectivity index (χ4n) is 1.89. The lowest BCUT2D eigenvalue weighted by Crippen LogP contribution is -2.01. The first-order valence-electron chi connectivity index (χ1n) is 6.36. The molecule has 0 radical (unpaired) electrons. The zero-order chi connectivity index (χ0) is 14.0. The Bertz CT molecular complexity index is 593. The maximum Gasteiger partial charge on any atom is 0.241 e. The Labute approximate surface area is 118 Å². The van der Waals surface area contributed by atoms with Crippen molar-refractivity contribution in [3.8, 4) is 11.6 Å². The van der Waals surface area contributed by atoms with Gasteiger partial charge in [0.2, 0.25) is 5.88 Å². The van der Waals surface area contributed by atoms with Gasteiger partial charge in [0, 0.05) is 11.6 Å². The SMILES string of the molecule is CCc1cc(Oc2c(N)c(C)nn2CC)ccc1Cl. The van der Waals surface area contributed by atoms with Crippen LogP contribution < -0.4 is 10.5 Å². The van der Waals surface area contributed by atoms with Gasteiger partial charge in [-0.15, -0.1) is 0 Å². The van der Waals surface area contributed by atoms with E-state index in [1.807, 2.05) is 32.0 Å². The number of anilines is 1. The number of hydrogen-bond acceptors (Lipinski definition) is 3. The molecule has 0 amide bonds. The number of ether oxygens (including phenoxy) is 1. The predicted molar refractivity (Wildman–Crippen MR) is 78.0 cm³/mol. The summed E-state index contributed by atoms with van der Waals surface area (Å²) in [6.07, 6.45) is 0.859. The van der Waals surface area contributed by atoms with Crippen LogP contribution in [-0.2, 0) is 13.0 Å². The molecule has 1 aromatic heterocycles. The van der Waals surface area contributed by atoms with Crippen LogP contribution in [0.3, 0.4) is 0 Å². The van der Waals surface area contributed by atoms with Crippen molar-refractivity contribution in [3.63, 3.8) is 0 Å². The molecule has 2 rings (SSSR count). The van der Waals surface area contributed by atoms with Crippen molar-refractivity contribution in [1.82, 2.24) is 9.78 Å². The van der Waals surface area contributed by atoms with Crippen molar-refractivity contribution in [2.45, 2.75) is 33.7 Å². The van der Waals surface area contributed by atoms with Gasteiger partial charge in [-0.05, 0) is 44.0 Å². The molecule has 0 bridgehead atoms. The van der Waals surface area contributed by atoms with E-state index in [2.05, 4.69) is 12.0 Å². The molecule has 0 fully saturated rings. The lowest BCUT2D eigenvalue weighted by atomic mass is 10.1. The first kappa shape index (κ1) is 13.7. The van der Waals surface area contributed by atoms with Gasteiger partial charge in [0.1, 0.15) is 11.4 Å². The van der Waals surface area contributed by atoms with Crippen LogP contribution in [0.5, 0.6) is 11.6 Å². The van der Waals surface area contributed by atoms with Gasteiger partial charge in [-0.25, -0.2) is 4.68 Å². The Balaban J connectivity index is 2.36. The fraction of sp³-hybridized carbons (Fsp3) is 0.357. The van der Waals surface area contributed by atoms with Crippen LogP contribution in [0, 0.1) is 6.92 Å². The zero-order valence-electron chi connectivity index (χ0n) is 11.4. The lowest BCUT2D eigenvalue weighted by molar-refractivity contribution is 0.418. The van der Waals surface area contributed by atoms with E-state index in [1.54, 1.807) is 4.68 Å². The van der Waals surface area contributed by atoms with Crippen LogP contribution in [0.15, 0.2) is 18.2 Å². The first-order valence-corrected chi connectivity index (χ1v) is 6.73. The number of aromatic nitrogens is 2. The number of rotatable bonds is 4.